The van der Waals surface area contributed by atoms with Crippen molar-refractivity contribution >= 4 is 0 Å². The zero-order valence-electron chi connectivity index (χ0n) is 12.1. The Bertz CT molecular complexity index is 366. The van der Waals surface area contributed by atoms with Crippen LogP contribution in [0.1, 0.15) is 69.4 Å². The van der Waals surface area contributed by atoms with Gasteiger partial charge in [0.2, 0.25) is 0 Å². The zero-order valence-corrected chi connectivity index (χ0v) is 12.1. The molecule has 18 heavy (non-hydrogen) atoms. The second-order valence-electron chi connectivity index (χ2n) is 6.10. The maximum absolute atomic E-state index is 3.51. The first kappa shape index (κ1) is 13.6. The van der Waals surface area contributed by atoms with Gasteiger partial charge in [0.25, 0.3) is 0 Å². The summed E-state index contributed by atoms with van der Waals surface area (Å²) in [5, 5.41) is 3.51. The van der Waals surface area contributed by atoms with Crippen molar-refractivity contribution in [3.05, 3.63) is 35.4 Å². The third-order valence-electron chi connectivity index (χ3n) is 4.19. The smallest absolute Gasteiger partial charge is 0.00103 e. The Labute approximate surface area is 112 Å². The highest BCUT2D eigenvalue weighted by Gasteiger charge is 2.19. The second-order valence-corrected chi connectivity index (χ2v) is 6.10. The summed E-state index contributed by atoms with van der Waals surface area (Å²) in [4.78, 5) is 0. The summed E-state index contributed by atoms with van der Waals surface area (Å²) in [5.41, 5.74) is 3.09. The van der Waals surface area contributed by atoms with Gasteiger partial charge in [0.15, 0.2) is 0 Å². The van der Waals surface area contributed by atoms with Gasteiger partial charge in [-0.15, -0.1) is 0 Å². The summed E-state index contributed by atoms with van der Waals surface area (Å²) in [6.07, 6.45) is 5.44. The molecule has 0 aromatic heterocycles. The molecular weight excluding hydrogens is 218 g/mol. The maximum Gasteiger partial charge on any atom is 0.00103 e. The minimum Gasteiger partial charge on any atom is -0.315 e. The number of nitrogens with one attached hydrogen (secondary N) is 1. The van der Waals surface area contributed by atoms with Crippen molar-refractivity contribution in [2.24, 2.45) is 0 Å². The molecule has 0 spiro atoms. The number of hydrogen-bond donors (Lipinski definition) is 1. The highest BCUT2D eigenvalue weighted by atomic mass is 14.9. The van der Waals surface area contributed by atoms with Gasteiger partial charge in [-0.3, -0.25) is 0 Å². The molecule has 1 aliphatic carbocycles. The fourth-order valence-electron chi connectivity index (χ4n) is 2.62. The van der Waals surface area contributed by atoms with Crippen LogP contribution in [0, 0.1) is 0 Å². The molecule has 1 saturated carbocycles. The van der Waals surface area contributed by atoms with Crippen LogP contribution in [0.4, 0.5) is 0 Å². The van der Waals surface area contributed by atoms with Crippen LogP contribution >= 0.6 is 0 Å². The van der Waals surface area contributed by atoms with E-state index < -0.39 is 0 Å². The van der Waals surface area contributed by atoms with E-state index in [0.717, 1.165) is 12.5 Å². The van der Waals surface area contributed by atoms with Crippen molar-refractivity contribution in [1.29, 1.82) is 0 Å². The molecule has 1 aromatic rings. The molecule has 0 saturated heterocycles. The molecule has 1 fully saturated rings. The van der Waals surface area contributed by atoms with E-state index in [1.807, 2.05) is 0 Å². The molecular formula is C17H27N. The fraction of sp³-hybridized carbons (Fsp3) is 0.647. The first-order chi connectivity index (χ1) is 8.66. The van der Waals surface area contributed by atoms with E-state index in [4.69, 9.17) is 0 Å². The standard InChI is InChI=1S/C17H27N/c1-13(2)18-11-10-14(3)16-8-5-9-17(12-16)15-6-4-7-15/h5,8-9,12-15,18H,4,6-7,10-11H2,1-3H3. The molecule has 1 N–H and O–H groups in total. The Kier molecular flexibility index (Phi) is 4.82. The molecule has 0 bridgehead atoms. The highest BCUT2D eigenvalue weighted by molar-refractivity contribution is 5.29. The van der Waals surface area contributed by atoms with Crippen LogP contribution in [0.25, 0.3) is 0 Å². The number of rotatable bonds is 6. The van der Waals surface area contributed by atoms with Gasteiger partial charge in [0, 0.05) is 6.04 Å². The van der Waals surface area contributed by atoms with Gasteiger partial charge >= 0.3 is 0 Å². The first-order valence-electron chi connectivity index (χ1n) is 7.50. The van der Waals surface area contributed by atoms with Crippen molar-refractivity contribution in [3.8, 4) is 0 Å². The van der Waals surface area contributed by atoms with Gasteiger partial charge in [-0.25, -0.2) is 0 Å². The lowest BCUT2D eigenvalue weighted by Gasteiger charge is -2.26. The summed E-state index contributed by atoms with van der Waals surface area (Å²) < 4.78 is 0. The summed E-state index contributed by atoms with van der Waals surface area (Å²) in [7, 11) is 0. The van der Waals surface area contributed by atoms with Crippen molar-refractivity contribution < 1.29 is 0 Å². The third kappa shape index (κ3) is 3.58. The Hall–Kier alpha value is -0.820. The van der Waals surface area contributed by atoms with Gasteiger partial charge < -0.3 is 5.32 Å². The number of hydrogen-bond acceptors (Lipinski definition) is 1. The van der Waals surface area contributed by atoms with Gasteiger partial charge in [-0.05, 0) is 48.8 Å². The Morgan fingerprint density at radius 3 is 2.61 bits per heavy atom. The highest BCUT2D eigenvalue weighted by Crippen LogP contribution is 2.37. The Balaban J connectivity index is 1.90. The topological polar surface area (TPSA) is 12.0 Å². The van der Waals surface area contributed by atoms with Crippen LogP contribution in [0.15, 0.2) is 24.3 Å². The van der Waals surface area contributed by atoms with Crippen LogP contribution in [0.5, 0.6) is 0 Å². The van der Waals surface area contributed by atoms with Crippen molar-refractivity contribution in [2.75, 3.05) is 6.54 Å². The van der Waals surface area contributed by atoms with Gasteiger partial charge in [-0.1, -0.05) is 51.5 Å². The first-order valence-corrected chi connectivity index (χ1v) is 7.50. The molecule has 1 nitrogen and oxygen atoms in total. The van der Waals surface area contributed by atoms with E-state index in [2.05, 4.69) is 50.4 Å². The second kappa shape index (κ2) is 6.38. The van der Waals surface area contributed by atoms with E-state index in [-0.39, 0.29) is 0 Å². The normalized spacial score (nSPS) is 17.8. The molecule has 1 heteroatoms. The predicted octanol–water partition coefficient (Wildman–Crippen LogP) is 4.45. The van der Waals surface area contributed by atoms with Crippen molar-refractivity contribution in [2.45, 2.75) is 64.3 Å². The Morgan fingerprint density at radius 2 is 2.00 bits per heavy atom. The van der Waals surface area contributed by atoms with Gasteiger partial charge in [-0.2, -0.15) is 0 Å². The van der Waals surface area contributed by atoms with Crippen molar-refractivity contribution in [1.82, 2.24) is 5.32 Å². The largest absolute Gasteiger partial charge is 0.315 e. The average molecular weight is 245 g/mol. The van der Waals surface area contributed by atoms with E-state index in [9.17, 15) is 0 Å². The van der Waals surface area contributed by atoms with E-state index in [1.54, 1.807) is 5.56 Å². The lowest BCUT2D eigenvalue weighted by atomic mass is 9.79. The molecule has 1 unspecified atom stereocenters. The Morgan fingerprint density at radius 1 is 1.22 bits per heavy atom. The van der Waals surface area contributed by atoms with E-state index in [0.29, 0.717) is 12.0 Å². The molecule has 0 heterocycles. The maximum atomic E-state index is 3.51. The van der Waals surface area contributed by atoms with Crippen LogP contribution < -0.4 is 5.32 Å². The molecule has 1 aromatic carbocycles. The van der Waals surface area contributed by atoms with Gasteiger partial charge in [0.1, 0.15) is 0 Å². The summed E-state index contributed by atoms with van der Waals surface area (Å²) in [6, 6.07) is 9.90. The predicted molar refractivity (Wildman–Crippen MR) is 79.2 cm³/mol. The third-order valence-corrected chi connectivity index (χ3v) is 4.19. The van der Waals surface area contributed by atoms with Crippen LogP contribution in [0.2, 0.25) is 0 Å². The number of benzene rings is 1. The molecule has 0 amide bonds. The molecule has 0 aliphatic heterocycles. The molecule has 2 rings (SSSR count). The van der Waals surface area contributed by atoms with E-state index >= 15 is 0 Å². The molecule has 0 radical (unpaired) electrons. The minimum absolute atomic E-state index is 0.596. The molecule has 1 aliphatic rings. The minimum atomic E-state index is 0.596. The summed E-state index contributed by atoms with van der Waals surface area (Å²) in [5.74, 6) is 1.52. The lowest BCUT2D eigenvalue weighted by Crippen LogP contribution is -2.24. The quantitative estimate of drug-likeness (QED) is 0.781. The zero-order chi connectivity index (χ0) is 13.0. The summed E-state index contributed by atoms with van der Waals surface area (Å²) in [6.45, 7) is 7.89. The van der Waals surface area contributed by atoms with E-state index in [1.165, 1.54) is 31.2 Å². The fourth-order valence-corrected chi connectivity index (χ4v) is 2.62. The summed E-state index contributed by atoms with van der Waals surface area (Å²) >= 11 is 0. The monoisotopic (exact) mass is 245 g/mol. The lowest BCUT2D eigenvalue weighted by molar-refractivity contribution is 0.419. The van der Waals surface area contributed by atoms with Crippen LogP contribution in [-0.4, -0.2) is 12.6 Å². The van der Waals surface area contributed by atoms with Crippen LogP contribution in [-0.2, 0) is 0 Å². The average Bonchev–Trinajstić information content (AvgIpc) is 2.26. The van der Waals surface area contributed by atoms with Crippen LogP contribution in [0.3, 0.4) is 0 Å². The van der Waals surface area contributed by atoms with Crippen molar-refractivity contribution in [3.63, 3.8) is 0 Å². The molecule has 1 atom stereocenters. The van der Waals surface area contributed by atoms with Gasteiger partial charge in [0.05, 0.1) is 0 Å². The SMILES string of the molecule is CC(C)NCCC(C)c1cccc(C2CCC2)c1. The molecule has 100 valence electrons.